The summed E-state index contributed by atoms with van der Waals surface area (Å²) in [5.74, 6) is 0. The molecule has 1 saturated heterocycles. The summed E-state index contributed by atoms with van der Waals surface area (Å²) in [7, 11) is 0. The van der Waals surface area contributed by atoms with Gasteiger partial charge in [0.2, 0.25) is 0 Å². The van der Waals surface area contributed by atoms with Gasteiger partial charge in [-0.05, 0) is 26.7 Å². The first-order chi connectivity index (χ1) is 5.08. The van der Waals surface area contributed by atoms with Crippen molar-refractivity contribution in [2.75, 3.05) is 6.54 Å². The number of nitrogens with zero attached hydrogens (tertiary/aromatic N) is 1. The van der Waals surface area contributed by atoms with Crippen molar-refractivity contribution in [3.63, 3.8) is 0 Å². The molecule has 1 rings (SSSR count). The van der Waals surface area contributed by atoms with Crippen LogP contribution in [0.1, 0.15) is 26.7 Å². The molecular formula is C9H15NO. The van der Waals surface area contributed by atoms with Crippen molar-refractivity contribution in [3.8, 4) is 0 Å². The number of carbonyl (C=O) groups excluding carboxylic acids is 1. The zero-order valence-electron chi connectivity index (χ0n) is 7.26. The van der Waals surface area contributed by atoms with Crippen molar-refractivity contribution in [2.45, 2.75) is 32.2 Å². The molecule has 0 spiro atoms. The predicted octanol–water partition coefficient (Wildman–Crippen LogP) is 1.57. The topological polar surface area (TPSA) is 20.3 Å². The van der Waals surface area contributed by atoms with E-state index in [2.05, 4.69) is 11.5 Å². The number of allylic oxidation sites excluding steroid dienone is 1. The molecule has 0 aromatic heterocycles. The number of likely N-dealkylation sites (tertiary alicyclic amines) is 1. The molecule has 0 amide bonds. The number of hydrogen-bond donors (Lipinski definition) is 0. The summed E-state index contributed by atoms with van der Waals surface area (Å²) >= 11 is 0. The van der Waals surface area contributed by atoms with Crippen LogP contribution in [0.2, 0.25) is 0 Å². The minimum Gasteiger partial charge on any atom is -0.363 e. The van der Waals surface area contributed by atoms with E-state index in [1.165, 1.54) is 0 Å². The second-order valence-corrected chi connectivity index (χ2v) is 3.59. The van der Waals surface area contributed by atoms with Crippen molar-refractivity contribution < 1.29 is 4.79 Å². The molecule has 1 aliphatic heterocycles. The van der Waals surface area contributed by atoms with Gasteiger partial charge in [0, 0.05) is 12.2 Å². The first kappa shape index (κ1) is 8.31. The Morgan fingerprint density at radius 3 is 2.64 bits per heavy atom. The molecule has 2 heteroatoms. The highest BCUT2D eigenvalue weighted by atomic mass is 16.1. The van der Waals surface area contributed by atoms with Crippen LogP contribution in [0.25, 0.3) is 0 Å². The lowest BCUT2D eigenvalue weighted by Crippen LogP contribution is -2.41. The smallest absolute Gasteiger partial charge is 0.144 e. The molecule has 0 unspecified atom stereocenters. The van der Waals surface area contributed by atoms with E-state index in [-0.39, 0.29) is 5.54 Å². The fraction of sp³-hybridized carbons (Fsp3) is 0.667. The summed E-state index contributed by atoms with van der Waals surface area (Å²) in [4.78, 5) is 12.8. The number of carbonyl (C=O) groups is 1. The molecule has 62 valence electrons. The van der Waals surface area contributed by atoms with Gasteiger partial charge in [-0.1, -0.05) is 6.58 Å². The zero-order chi connectivity index (χ0) is 8.48. The molecule has 0 N–H and O–H groups in total. The Morgan fingerprint density at radius 1 is 1.64 bits per heavy atom. The van der Waals surface area contributed by atoms with Crippen molar-refractivity contribution in [1.82, 2.24) is 4.90 Å². The van der Waals surface area contributed by atoms with Gasteiger partial charge in [-0.3, -0.25) is 0 Å². The highest BCUT2D eigenvalue weighted by Gasteiger charge is 2.29. The van der Waals surface area contributed by atoms with Crippen LogP contribution in [0.5, 0.6) is 0 Å². The average Bonchev–Trinajstić information content (AvgIpc) is 2.36. The van der Waals surface area contributed by atoms with Crippen LogP contribution in [0, 0.1) is 0 Å². The SMILES string of the molecule is C=C1CCCN1C(C)(C)C=O. The third-order valence-corrected chi connectivity index (χ3v) is 2.21. The van der Waals surface area contributed by atoms with Crippen molar-refractivity contribution in [2.24, 2.45) is 0 Å². The standard InChI is InChI=1S/C9H15NO/c1-8-5-4-6-10(8)9(2,3)7-11/h7H,1,4-6H2,2-3H3. The molecule has 1 heterocycles. The summed E-state index contributed by atoms with van der Waals surface area (Å²) in [6, 6.07) is 0. The number of rotatable bonds is 2. The quantitative estimate of drug-likeness (QED) is 0.561. The van der Waals surface area contributed by atoms with Crippen LogP contribution in [-0.2, 0) is 4.79 Å². The fourth-order valence-electron chi connectivity index (χ4n) is 1.49. The molecule has 0 saturated carbocycles. The lowest BCUT2D eigenvalue weighted by Gasteiger charge is -2.32. The molecule has 0 aromatic rings. The Labute approximate surface area is 67.9 Å². The van der Waals surface area contributed by atoms with Gasteiger partial charge in [0.25, 0.3) is 0 Å². The van der Waals surface area contributed by atoms with Gasteiger partial charge in [0.15, 0.2) is 0 Å². The third kappa shape index (κ3) is 1.44. The summed E-state index contributed by atoms with van der Waals surface area (Å²) in [5.41, 5.74) is 0.746. The van der Waals surface area contributed by atoms with Gasteiger partial charge >= 0.3 is 0 Å². The Bertz CT molecular complexity index is 184. The Morgan fingerprint density at radius 2 is 2.27 bits per heavy atom. The minimum atomic E-state index is -0.354. The molecule has 11 heavy (non-hydrogen) atoms. The molecular weight excluding hydrogens is 138 g/mol. The van der Waals surface area contributed by atoms with E-state index in [1.807, 2.05) is 13.8 Å². The summed E-state index contributed by atoms with van der Waals surface area (Å²) in [5, 5.41) is 0. The van der Waals surface area contributed by atoms with E-state index >= 15 is 0 Å². The van der Waals surface area contributed by atoms with Crippen LogP contribution < -0.4 is 0 Å². The minimum absolute atomic E-state index is 0.354. The van der Waals surface area contributed by atoms with E-state index in [0.717, 1.165) is 31.4 Å². The summed E-state index contributed by atoms with van der Waals surface area (Å²) < 4.78 is 0. The average molecular weight is 153 g/mol. The van der Waals surface area contributed by atoms with Crippen LogP contribution in [0.3, 0.4) is 0 Å². The molecule has 0 radical (unpaired) electrons. The molecule has 0 bridgehead atoms. The van der Waals surface area contributed by atoms with Gasteiger partial charge in [-0.15, -0.1) is 0 Å². The number of hydrogen-bond acceptors (Lipinski definition) is 2. The maximum Gasteiger partial charge on any atom is 0.144 e. The van der Waals surface area contributed by atoms with E-state index < -0.39 is 0 Å². The predicted molar refractivity (Wildman–Crippen MR) is 45.2 cm³/mol. The van der Waals surface area contributed by atoms with Crippen LogP contribution in [0.15, 0.2) is 12.3 Å². The van der Waals surface area contributed by atoms with Crippen molar-refractivity contribution >= 4 is 6.29 Å². The highest BCUT2D eigenvalue weighted by Crippen LogP contribution is 2.26. The second-order valence-electron chi connectivity index (χ2n) is 3.59. The van der Waals surface area contributed by atoms with E-state index in [9.17, 15) is 4.79 Å². The summed E-state index contributed by atoms with van der Waals surface area (Å²) in [6.45, 7) is 8.75. The first-order valence-electron chi connectivity index (χ1n) is 3.99. The maximum atomic E-state index is 10.7. The highest BCUT2D eigenvalue weighted by molar-refractivity contribution is 5.63. The normalized spacial score (nSPS) is 19.1. The van der Waals surface area contributed by atoms with E-state index in [1.54, 1.807) is 0 Å². The van der Waals surface area contributed by atoms with Gasteiger partial charge < -0.3 is 9.69 Å². The van der Waals surface area contributed by atoms with Gasteiger partial charge in [0.1, 0.15) is 6.29 Å². The van der Waals surface area contributed by atoms with E-state index in [4.69, 9.17) is 0 Å². The lowest BCUT2D eigenvalue weighted by molar-refractivity contribution is -0.115. The molecule has 1 fully saturated rings. The molecule has 0 atom stereocenters. The largest absolute Gasteiger partial charge is 0.363 e. The maximum absolute atomic E-state index is 10.7. The van der Waals surface area contributed by atoms with Crippen LogP contribution in [-0.4, -0.2) is 23.3 Å². The van der Waals surface area contributed by atoms with Gasteiger partial charge in [-0.2, -0.15) is 0 Å². The van der Waals surface area contributed by atoms with Crippen LogP contribution >= 0.6 is 0 Å². The molecule has 0 aromatic carbocycles. The summed E-state index contributed by atoms with van der Waals surface area (Å²) in [6.07, 6.45) is 3.16. The fourth-order valence-corrected chi connectivity index (χ4v) is 1.49. The molecule has 2 nitrogen and oxygen atoms in total. The molecule has 1 aliphatic rings. The monoisotopic (exact) mass is 153 g/mol. The first-order valence-corrected chi connectivity index (χ1v) is 3.99. The lowest BCUT2D eigenvalue weighted by atomic mass is 10.1. The zero-order valence-corrected chi connectivity index (χ0v) is 7.26. The Kier molecular flexibility index (Phi) is 2.03. The van der Waals surface area contributed by atoms with Gasteiger partial charge in [0.05, 0.1) is 5.54 Å². The Balaban J connectivity index is 2.73. The van der Waals surface area contributed by atoms with Crippen molar-refractivity contribution in [1.29, 1.82) is 0 Å². The van der Waals surface area contributed by atoms with Crippen LogP contribution in [0.4, 0.5) is 0 Å². The van der Waals surface area contributed by atoms with Gasteiger partial charge in [-0.25, -0.2) is 0 Å². The molecule has 0 aliphatic carbocycles. The van der Waals surface area contributed by atoms with Crippen molar-refractivity contribution in [3.05, 3.63) is 12.3 Å². The number of aldehydes is 1. The Hall–Kier alpha value is -0.790. The third-order valence-electron chi connectivity index (χ3n) is 2.21. The second kappa shape index (κ2) is 2.68. The van der Waals surface area contributed by atoms with E-state index in [0.29, 0.717) is 0 Å².